The van der Waals surface area contributed by atoms with Crippen LogP contribution in [-0.2, 0) is 19.4 Å². The van der Waals surface area contributed by atoms with Gasteiger partial charge in [0.05, 0.1) is 5.52 Å². The molecule has 3 heterocycles. The Kier molecular flexibility index (Phi) is 3.54. The van der Waals surface area contributed by atoms with E-state index < -0.39 is 0 Å². The monoisotopic (exact) mass is 344 g/mol. The first-order valence-corrected chi connectivity index (χ1v) is 9.54. The zero-order valence-electron chi connectivity index (χ0n) is 15.5. The molecule has 0 saturated carbocycles. The first kappa shape index (κ1) is 15.8. The van der Waals surface area contributed by atoms with E-state index in [2.05, 4.69) is 59.8 Å². The Morgan fingerprint density at radius 2 is 1.88 bits per heavy atom. The summed E-state index contributed by atoms with van der Waals surface area (Å²) in [7, 11) is 2.17. The maximum absolute atomic E-state index is 13.3. The first-order chi connectivity index (χ1) is 12.6. The molecule has 0 spiro atoms. The van der Waals surface area contributed by atoms with E-state index >= 15 is 0 Å². The van der Waals surface area contributed by atoms with Crippen molar-refractivity contribution in [3.63, 3.8) is 0 Å². The summed E-state index contributed by atoms with van der Waals surface area (Å²) in [6, 6.07) is 15.1. The molecule has 0 amide bonds. The van der Waals surface area contributed by atoms with Crippen molar-refractivity contribution in [2.75, 3.05) is 13.6 Å². The number of hydrogen-bond donors (Lipinski definition) is 0. The van der Waals surface area contributed by atoms with Crippen LogP contribution in [0.1, 0.15) is 45.1 Å². The van der Waals surface area contributed by atoms with Gasteiger partial charge in [-0.25, -0.2) is 0 Å². The van der Waals surface area contributed by atoms with Gasteiger partial charge in [-0.2, -0.15) is 0 Å². The first-order valence-electron chi connectivity index (χ1n) is 9.54. The molecule has 0 N–H and O–H groups in total. The van der Waals surface area contributed by atoms with Gasteiger partial charge >= 0.3 is 0 Å². The number of carbonyl (C=O) groups excluding carboxylic acids is 1. The molecule has 5 rings (SSSR count). The molecule has 1 unspecified atom stereocenters. The van der Waals surface area contributed by atoms with E-state index in [0.29, 0.717) is 6.42 Å². The molecule has 3 nitrogen and oxygen atoms in total. The van der Waals surface area contributed by atoms with Gasteiger partial charge in [-0.1, -0.05) is 42.0 Å². The van der Waals surface area contributed by atoms with Crippen LogP contribution in [0.25, 0.3) is 10.9 Å². The molecule has 1 aromatic heterocycles. The normalized spacial score (nSPS) is 20.2. The number of fused-ring (bicyclic) bond motifs is 3. The summed E-state index contributed by atoms with van der Waals surface area (Å²) >= 11 is 0. The zero-order chi connectivity index (χ0) is 17.8. The summed E-state index contributed by atoms with van der Waals surface area (Å²) in [5.74, 6) is 0.521. The number of aromatic nitrogens is 1. The summed E-state index contributed by atoms with van der Waals surface area (Å²) in [5, 5.41) is 1.30. The van der Waals surface area contributed by atoms with E-state index in [9.17, 15) is 4.79 Å². The van der Waals surface area contributed by atoms with Crippen LogP contribution < -0.4 is 0 Å². The van der Waals surface area contributed by atoms with E-state index in [1.54, 1.807) is 0 Å². The topological polar surface area (TPSA) is 25.2 Å². The predicted molar refractivity (Wildman–Crippen MR) is 105 cm³/mol. The SMILES string of the molecule is Cc1cc2c3c(c1)c1c(n3C(=O)CC(c3ccccc3)C2)CCN(C)C1. The molecule has 0 radical (unpaired) electrons. The highest BCUT2D eigenvalue weighted by Gasteiger charge is 2.31. The third kappa shape index (κ3) is 2.34. The van der Waals surface area contributed by atoms with E-state index in [4.69, 9.17) is 0 Å². The van der Waals surface area contributed by atoms with Crippen molar-refractivity contribution in [2.24, 2.45) is 0 Å². The van der Waals surface area contributed by atoms with Gasteiger partial charge in [0.2, 0.25) is 5.91 Å². The second kappa shape index (κ2) is 5.82. The van der Waals surface area contributed by atoms with Gasteiger partial charge in [0.25, 0.3) is 0 Å². The van der Waals surface area contributed by atoms with Crippen molar-refractivity contribution in [1.29, 1.82) is 0 Å². The number of hydrogen-bond acceptors (Lipinski definition) is 2. The van der Waals surface area contributed by atoms with Crippen LogP contribution in [0.4, 0.5) is 0 Å². The fraction of sp³-hybridized carbons (Fsp3) is 0.348. The molecule has 26 heavy (non-hydrogen) atoms. The molecule has 2 aliphatic rings. The highest BCUT2D eigenvalue weighted by atomic mass is 16.2. The smallest absolute Gasteiger partial charge is 0.231 e. The summed E-state index contributed by atoms with van der Waals surface area (Å²) < 4.78 is 2.08. The molecule has 1 atom stereocenters. The maximum atomic E-state index is 13.3. The molecule has 3 aromatic rings. The van der Waals surface area contributed by atoms with Gasteiger partial charge in [-0.3, -0.25) is 9.36 Å². The number of nitrogens with zero attached hydrogens (tertiary/aromatic N) is 2. The lowest BCUT2D eigenvalue weighted by atomic mass is 9.88. The minimum Gasteiger partial charge on any atom is -0.302 e. The number of benzene rings is 2. The molecule has 132 valence electrons. The zero-order valence-corrected chi connectivity index (χ0v) is 15.5. The number of aryl methyl sites for hydroxylation is 1. The predicted octanol–water partition coefficient (Wildman–Crippen LogP) is 4.31. The second-order valence-corrected chi connectivity index (χ2v) is 7.98. The van der Waals surface area contributed by atoms with Gasteiger partial charge in [0.1, 0.15) is 0 Å². The van der Waals surface area contributed by atoms with Crippen molar-refractivity contribution in [2.45, 2.75) is 38.6 Å². The third-order valence-electron chi connectivity index (χ3n) is 6.07. The van der Waals surface area contributed by atoms with Gasteiger partial charge in [-0.05, 0) is 49.1 Å². The van der Waals surface area contributed by atoms with E-state index in [-0.39, 0.29) is 11.8 Å². The van der Waals surface area contributed by atoms with Crippen molar-refractivity contribution >= 4 is 16.8 Å². The van der Waals surface area contributed by atoms with Crippen molar-refractivity contribution in [3.05, 3.63) is 70.4 Å². The Morgan fingerprint density at radius 1 is 1.08 bits per heavy atom. The summed E-state index contributed by atoms with van der Waals surface area (Å²) in [4.78, 5) is 15.7. The number of rotatable bonds is 1. The Balaban J connectivity index is 1.74. The molecule has 3 heteroatoms. The fourth-order valence-corrected chi connectivity index (χ4v) is 4.89. The van der Waals surface area contributed by atoms with Crippen LogP contribution >= 0.6 is 0 Å². The molecule has 0 saturated heterocycles. The van der Waals surface area contributed by atoms with E-state index in [0.717, 1.165) is 25.9 Å². The lowest BCUT2D eigenvalue weighted by Crippen LogP contribution is -2.28. The summed E-state index contributed by atoms with van der Waals surface area (Å²) in [6.07, 6.45) is 2.48. The highest BCUT2D eigenvalue weighted by Crippen LogP contribution is 2.39. The maximum Gasteiger partial charge on any atom is 0.231 e. The molecular formula is C23H24N2O. The summed E-state index contributed by atoms with van der Waals surface area (Å²) in [5.41, 5.74) is 7.70. The quantitative estimate of drug-likeness (QED) is 0.657. The molecule has 0 aliphatic carbocycles. The number of likely N-dealkylation sites (N-methyl/N-ethyl adjacent to an activating group) is 1. The van der Waals surface area contributed by atoms with Crippen LogP contribution in [-0.4, -0.2) is 29.0 Å². The minimum absolute atomic E-state index is 0.260. The second-order valence-electron chi connectivity index (χ2n) is 7.98. The Morgan fingerprint density at radius 3 is 2.69 bits per heavy atom. The van der Waals surface area contributed by atoms with Crippen molar-refractivity contribution < 1.29 is 4.79 Å². The van der Waals surface area contributed by atoms with Crippen LogP contribution in [0.5, 0.6) is 0 Å². The lowest BCUT2D eigenvalue weighted by molar-refractivity contribution is 0.0896. The average Bonchev–Trinajstić information content (AvgIpc) is 2.87. The van der Waals surface area contributed by atoms with E-state index in [1.807, 2.05) is 6.07 Å². The Hall–Kier alpha value is -2.39. The third-order valence-corrected chi connectivity index (χ3v) is 6.07. The Bertz CT molecular complexity index is 1020. The van der Waals surface area contributed by atoms with Crippen molar-refractivity contribution in [1.82, 2.24) is 9.47 Å². The molecular weight excluding hydrogens is 320 g/mol. The minimum atomic E-state index is 0.260. The van der Waals surface area contributed by atoms with Crippen LogP contribution in [0.3, 0.4) is 0 Å². The molecule has 2 aliphatic heterocycles. The van der Waals surface area contributed by atoms with Gasteiger partial charge in [0.15, 0.2) is 0 Å². The van der Waals surface area contributed by atoms with E-state index in [1.165, 1.54) is 38.9 Å². The standard InChI is InChI=1S/C23H24N2O/c1-15-10-18-12-17(16-6-4-3-5-7-16)13-22(26)25-21-8-9-24(2)14-20(21)19(11-15)23(18)25/h3-7,10-11,17H,8-9,12-14H2,1-2H3. The average molecular weight is 344 g/mol. The molecule has 0 fully saturated rings. The number of carbonyl (C=O) groups is 1. The lowest BCUT2D eigenvalue weighted by Gasteiger charge is -2.24. The highest BCUT2D eigenvalue weighted by molar-refractivity contribution is 5.99. The summed E-state index contributed by atoms with van der Waals surface area (Å²) in [6.45, 7) is 4.14. The van der Waals surface area contributed by atoms with Gasteiger partial charge in [0, 0.05) is 37.0 Å². The largest absolute Gasteiger partial charge is 0.302 e. The van der Waals surface area contributed by atoms with Crippen LogP contribution in [0.2, 0.25) is 0 Å². The molecule has 2 aromatic carbocycles. The fourth-order valence-electron chi connectivity index (χ4n) is 4.89. The van der Waals surface area contributed by atoms with Gasteiger partial charge in [-0.15, -0.1) is 0 Å². The van der Waals surface area contributed by atoms with Crippen LogP contribution in [0, 0.1) is 6.92 Å². The van der Waals surface area contributed by atoms with Crippen LogP contribution in [0.15, 0.2) is 42.5 Å². The molecule has 0 bridgehead atoms. The van der Waals surface area contributed by atoms with Gasteiger partial charge < -0.3 is 4.90 Å². The van der Waals surface area contributed by atoms with Crippen molar-refractivity contribution in [3.8, 4) is 0 Å². The Labute approximate surface area is 154 Å².